The van der Waals surface area contributed by atoms with Gasteiger partial charge in [0, 0.05) is 69.0 Å². The van der Waals surface area contributed by atoms with Crippen LogP contribution in [0.3, 0.4) is 0 Å². The Balaban J connectivity index is 1.75. The first kappa shape index (κ1) is 22.7. The third-order valence-electron chi connectivity index (χ3n) is 5.89. The summed E-state index contributed by atoms with van der Waals surface area (Å²) in [5.74, 6) is 0.722. The number of amides is 1. The van der Waals surface area contributed by atoms with Crippen molar-refractivity contribution in [2.45, 2.75) is 39.3 Å². The van der Waals surface area contributed by atoms with E-state index in [1.807, 2.05) is 17.0 Å². The van der Waals surface area contributed by atoms with Crippen molar-refractivity contribution >= 4 is 31.2 Å². The van der Waals surface area contributed by atoms with Crippen molar-refractivity contribution in [3.63, 3.8) is 0 Å². The maximum Gasteiger partial charge on any atom is 0.500 e. The molecule has 0 saturated heterocycles. The quantitative estimate of drug-likeness (QED) is 0.419. The normalized spacial score (nSPS) is 14.1. The molecule has 6 nitrogen and oxygen atoms in total. The first-order valence-electron chi connectivity index (χ1n) is 10.7. The second-order valence-electron chi connectivity index (χ2n) is 8.24. The molecule has 1 aliphatic heterocycles. The summed E-state index contributed by atoms with van der Waals surface area (Å²) >= 11 is 0. The fraction of sp³-hybridized carbons (Fsp3) is 0.522. The second-order valence-corrected chi connectivity index (χ2v) is 11.3. The summed E-state index contributed by atoms with van der Waals surface area (Å²) in [6.07, 6.45) is 1.89. The Labute approximate surface area is 180 Å². The summed E-state index contributed by atoms with van der Waals surface area (Å²) in [4.78, 5) is 15.0. The van der Waals surface area contributed by atoms with Gasteiger partial charge >= 0.3 is 8.80 Å². The van der Waals surface area contributed by atoms with Crippen molar-refractivity contribution in [2.75, 3.05) is 39.7 Å². The highest BCUT2D eigenvalue weighted by atomic mass is 28.4. The van der Waals surface area contributed by atoms with Gasteiger partial charge in [-0.1, -0.05) is 32.0 Å². The summed E-state index contributed by atoms with van der Waals surface area (Å²) in [6.45, 7) is 6.65. The van der Waals surface area contributed by atoms with Gasteiger partial charge in [-0.2, -0.15) is 0 Å². The van der Waals surface area contributed by atoms with Crippen LogP contribution in [0.25, 0.3) is 10.8 Å². The summed E-state index contributed by atoms with van der Waals surface area (Å²) in [5, 5.41) is 5.72. The Kier molecular flexibility index (Phi) is 7.52. The number of hydrogen-bond donors (Lipinski definition) is 1. The monoisotopic (exact) mass is 430 g/mol. The Morgan fingerprint density at radius 3 is 2.50 bits per heavy atom. The first-order chi connectivity index (χ1) is 14.4. The summed E-state index contributed by atoms with van der Waals surface area (Å²) in [6, 6.07) is 11.1. The van der Waals surface area contributed by atoms with Crippen LogP contribution in [0.4, 0.5) is 5.69 Å². The highest BCUT2D eigenvalue weighted by Gasteiger charge is 2.36. The topological polar surface area (TPSA) is 60.0 Å². The molecule has 3 rings (SSSR count). The molecule has 0 aromatic heterocycles. The van der Waals surface area contributed by atoms with Crippen LogP contribution in [0.15, 0.2) is 30.3 Å². The van der Waals surface area contributed by atoms with E-state index in [1.165, 1.54) is 5.56 Å². The molecule has 2 aromatic rings. The number of nitrogens with one attached hydrogen (secondary N) is 1. The van der Waals surface area contributed by atoms with E-state index in [0.717, 1.165) is 54.0 Å². The maximum atomic E-state index is 13.1. The highest BCUT2D eigenvalue weighted by Crippen LogP contribution is 2.34. The number of carbonyl (C=O) groups excluding carboxylic acids is 1. The van der Waals surface area contributed by atoms with Gasteiger partial charge in [0.1, 0.15) is 0 Å². The first-order valence-corrected chi connectivity index (χ1v) is 12.6. The minimum Gasteiger partial charge on any atom is -0.385 e. The molecular formula is C23H34N2O4Si. The summed E-state index contributed by atoms with van der Waals surface area (Å²) in [7, 11) is 2.37. The Hall–Kier alpha value is -1.93. The highest BCUT2D eigenvalue weighted by molar-refractivity contribution is 6.60. The lowest BCUT2D eigenvalue weighted by Crippen LogP contribution is -2.42. The lowest BCUT2D eigenvalue weighted by atomic mass is 9.93. The van der Waals surface area contributed by atoms with Gasteiger partial charge in [-0.15, -0.1) is 0 Å². The van der Waals surface area contributed by atoms with Crippen LogP contribution in [0.1, 0.15) is 42.6 Å². The minimum atomic E-state index is -2.55. The van der Waals surface area contributed by atoms with Crippen molar-refractivity contribution in [2.24, 2.45) is 5.92 Å². The maximum absolute atomic E-state index is 13.1. The number of hydrogen-bond acceptors (Lipinski definition) is 5. The van der Waals surface area contributed by atoms with E-state index in [4.69, 9.17) is 13.3 Å². The lowest BCUT2D eigenvalue weighted by Gasteiger charge is -2.30. The van der Waals surface area contributed by atoms with E-state index in [1.54, 1.807) is 21.3 Å². The molecule has 0 unspecified atom stereocenters. The fourth-order valence-electron chi connectivity index (χ4n) is 4.07. The van der Waals surface area contributed by atoms with Crippen LogP contribution >= 0.6 is 0 Å². The van der Waals surface area contributed by atoms with Crippen molar-refractivity contribution in [1.82, 2.24) is 4.90 Å². The largest absolute Gasteiger partial charge is 0.500 e. The van der Waals surface area contributed by atoms with E-state index < -0.39 is 8.80 Å². The Bertz CT molecular complexity index is 875. The number of carbonyl (C=O) groups is 1. The van der Waals surface area contributed by atoms with Crippen molar-refractivity contribution in [1.29, 1.82) is 0 Å². The van der Waals surface area contributed by atoms with E-state index >= 15 is 0 Å². The molecule has 1 aliphatic rings. The van der Waals surface area contributed by atoms with Crippen molar-refractivity contribution < 1.29 is 18.1 Å². The molecule has 1 N–H and O–H groups in total. The Morgan fingerprint density at radius 2 is 1.83 bits per heavy atom. The summed E-state index contributed by atoms with van der Waals surface area (Å²) in [5.41, 5.74) is 3.09. The van der Waals surface area contributed by atoms with Gasteiger partial charge in [-0.3, -0.25) is 4.79 Å². The molecule has 0 fully saturated rings. The molecule has 2 aromatic carbocycles. The van der Waals surface area contributed by atoms with Gasteiger partial charge < -0.3 is 23.5 Å². The van der Waals surface area contributed by atoms with Gasteiger partial charge in [0.25, 0.3) is 5.91 Å². The fourth-order valence-corrected chi connectivity index (χ4v) is 5.79. The minimum absolute atomic E-state index is 0.141. The molecule has 7 heteroatoms. The third-order valence-corrected chi connectivity index (χ3v) is 8.72. The van der Waals surface area contributed by atoms with Crippen LogP contribution in [-0.4, -0.2) is 54.0 Å². The van der Waals surface area contributed by atoms with Crippen LogP contribution in [0, 0.1) is 5.92 Å². The van der Waals surface area contributed by atoms with Crippen molar-refractivity contribution in [3.05, 3.63) is 41.5 Å². The Morgan fingerprint density at radius 1 is 1.10 bits per heavy atom. The SMILES string of the molecule is CO[Si](CCCNc1ccc2c3c(cccc13)C(=O)N(CCC(C)C)C2)(OC)OC. The molecule has 0 saturated carbocycles. The lowest BCUT2D eigenvalue weighted by molar-refractivity contribution is 0.0730. The van der Waals surface area contributed by atoms with E-state index in [9.17, 15) is 4.79 Å². The molecule has 1 heterocycles. The molecule has 0 radical (unpaired) electrons. The molecule has 0 spiro atoms. The zero-order valence-corrected chi connectivity index (χ0v) is 19.8. The van der Waals surface area contributed by atoms with E-state index in [0.29, 0.717) is 12.5 Å². The predicted octanol–water partition coefficient (Wildman–Crippen LogP) is 4.52. The van der Waals surface area contributed by atoms with Crippen LogP contribution < -0.4 is 5.32 Å². The second kappa shape index (κ2) is 9.92. The van der Waals surface area contributed by atoms with Gasteiger partial charge in [0.2, 0.25) is 0 Å². The van der Waals surface area contributed by atoms with Gasteiger partial charge in [0.15, 0.2) is 0 Å². The average Bonchev–Trinajstić information content (AvgIpc) is 2.76. The standard InChI is InChI=1S/C23H34N2O4Si/c1-17(2)12-14-25-16-18-10-11-21(19-8-6-9-20(22(18)19)23(25)26)24-13-7-15-30(27-3,28-4)29-5/h6,8-11,17,24H,7,12-16H2,1-5H3. The van der Waals surface area contributed by atoms with Gasteiger partial charge in [-0.25, -0.2) is 0 Å². The molecule has 164 valence electrons. The van der Waals surface area contributed by atoms with Crippen molar-refractivity contribution in [3.8, 4) is 0 Å². The smallest absolute Gasteiger partial charge is 0.385 e. The van der Waals surface area contributed by atoms with Crippen LogP contribution in [0.5, 0.6) is 0 Å². The molecular weight excluding hydrogens is 396 g/mol. The van der Waals surface area contributed by atoms with E-state index in [2.05, 4.69) is 37.4 Å². The number of anilines is 1. The molecule has 30 heavy (non-hydrogen) atoms. The predicted molar refractivity (Wildman–Crippen MR) is 123 cm³/mol. The zero-order chi connectivity index (χ0) is 21.7. The summed E-state index contributed by atoms with van der Waals surface area (Å²) < 4.78 is 16.5. The number of rotatable bonds is 11. The van der Waals surface area contributed by atoms with E-state index in [-0.39, 0.29) is 5.91 Å². The zero-order valence-electron chi connectivity index (χ0n) is 18.8. The van der Waals surface area contributed by atoms with Crippen LogP contribution in [-0.2, 0) is 19.8 Å². The third kappa shape index (κ3) is 4.69. The average molecular weight is 431 g/mol. The molecule has 0 atom stereocenters. The number of benzene rings is 2. The van der Waals surface area contributed by atoms with Crippen LogP contribution in [0.2, 0.25) is 6.04 Å². The van der Waals surface area contributed by atoms with Gasteiger partial charge in [-0.05, 0) is 36.5 Å². The van der Waals surface area contributed by atoms with Gasteiger partial charge in [0.05, 0.1) is 0 Å². The molecule has 0 aliphatic carbocycles. The number of nitrogens with zero attached hydrogens (tertiary/aromatic N) is 1. The molecule has 0 bridgehead atoms. The molecule has 1 amide bonds.